The molecule has 0 saturated heterocycles. The molecule has 1 N–H and O–H groups in total. The Bertz CT molecular complexity index is 358. The summed E-state index contributed by atoms with van der Waals surface area (Å²) in [5.74, 6) is 0. The van der Waals surface area contributed by atoms with Crippen molar-refractivity contribution in [1.29, 1.82) is 0 Å². The van der Waals surface area contributed by atoms with E-state index in [1.165, 1.54) is 16.7 Å². The van der Waals surface area contributed by atoms with E-state index in [1.54, 1.807) is 0 Å². The Labute approximate surface area is 98.9 Å². The van der Waals surface area contributed by atoms with Gasteiger partial charge in [0.15, 0.2) is 0 Å². The smallest absolute Gasteiger partial charge is 0.0804 e. The van der Waals surface area contributed by atoms with Crippen LogP contribution in [0.25, 0.3) is 0 Å². The van der Waals surface area contributed by atoms with Crippen LogP contribution in [0.5, 0.6) is 0 Å². The molecule has 1 atom stereocenters. The SMILES string of the molecule is Cc1cc(C)c(C(O)CCN(C)C)cc1C. The minimum Gasteiger partial charge on any atom is -0.388 e. The lowest BCUT2D eigenvalue weighted by Gasteiger charge is -2.18. The lowest BCUT2D eigenvalue weighted by molar-refractivity contribution is 0.153. The molecule has 0 fully saturated rings. The summed E-state index contributed by atoms with van der Waals surface area (Å²) < 4.78 is 0. The zero-order chi connectivity index (χ0) is 12.3. The highest BCUT2D eigenvalue weighted by Gasteiger charge is 2.11. The standard InChI is InChI=1S/C14H23NO/c1-10-8-12(3)13(9-11(10)2)14(16)6-7-15(4)5/h8-9,14,16H,6-7H2,1-5H3. The predicted octanol–water partition coefficient (Wildman–Crippen LogP) is 2.60. The second kappa shape index (κ2) is 5.46. The van der Waals surface area contributed by atoms with Crippen LogP contribution in [-0.2, 0) is 0 Å². The Morgan fingerprint density at radius 3 is 2.19 bits per heavy atom. The van der Waals surface area contributed by atoms with Crippen molar-refractivity contribution in [2.75, 3.05) is 20.6 Å². The second-order valence-corrected chi connectivity index (χ2v) is 4.90. The van der Waals surface area contributed by atoms with Crippen LogP contribution in [0.1, 0.15) is 34.8 Å². The van der Waals surface area contributed by atoms with Gasteiger partial charge in [0.2, 0.25) is 0 Å². The van der Waals surface area contributed by atoms with Crippen LogP contribution in [-0.4, -0.2) is 30.6 Å². The highest BCUT2D eigenvalue weighted by atomic mass is 16.3. The van der Waals surface area contributed by atoms with Gasteiger partial charge in [-0.3, -0.25) is 0 Å². The minimum absolute atomic E-state index is 0.346. The van der Waals surface area contributed by atoms with Crippen molar-refractivity contribution in [3.05, 3.63) is 34.4 Å². The van der Waals surface area contributed by atoms with E-state index >= 15 is 0 Å². The average molecular weight is 221 g/mol. The largest absolute Gasteiger partial charge is 0.388 e. The molecule has 1 aromatic carbocycles. The molecule has 0 heterocycles. The van der Waals surface area contributed by atoms with Crippen molar-refractivity contribution in [2.45, 2.75) is 33.3 Å². The highest BCUT2D eigenvalue weighted by Crippen LogP contribution is 2.23. The number of aliphatic hydroxyl groups is 1. The summed E-state index contributed by atoms with van der Waals surface area (Å²) in [6.45, 7) is 7.18. The number of rotatable bonds is 4. The fourth-order valence-electron chi connectivity index (χ4n) is 1.88. The Morgan fingerprint density at radius 1 is 1.06 bits per heavy atom. The molecule has 0 radical (unpaired) electrons. The van der Waals surface area contributed by atoms with E-state index in [0.717, 1.165) is 18.5 Å². The van der Waals surface area contributed by atoms with Gasteiger partial charge in [0, 0.05) is 6.54 Å². The molecule has 0 aromatic heterocycles. The molecule has 0 spiro atoms. The molecule has 2 nitrogen and oxygen atoms in total. The predicted molar refractivity (Wildman–Crippen MR) is 68.8 cm³/mol. The van der Waals surface area contributed by atoms with Crippen LogP contribution < -0.4 is 0 Å². The van der Waals surface area contributed by atoms with Crippen LogP contribution in [0, 0.1) is 20.8 Å². The Hall–Kier alpha value is -0.860. The van der Waals surface area contributed by atoms with Crippen LogP contribution in [0.15, 0.2) is 12.1 Å². The summed E-state index contributed by atoms with van der Waals surface area (Å²) in [5.41, 5.74) is 4.81. The molecule has 0 aliphatic heterocycles. The molecule has 0 amide bonds. The minimum atomic E-state index is -0.346. The van der Waals surface area contributed by atoms with E-state index in [1.807, 2.05) is 14.1 Å². The lowest BCUT2D eigenvalue weighted by atomic mass is 9.96. The Balaban J connectivity index is 2.82. The van der Waals surface area contributed by atoms with Gasteiger partial charge in [0.05, 0.1) is 6.10 Å². The first kappa shape index (κ1) is 13.2. The van der Waals surface area contributed by atoms with E-state index in [0.29, 0.717) is 0 Å². The first-order chi connectivity index (χ1) is 7.41. The molecule has 90 valence electrons. The summed E-state index contributed by atoms with van der Waals surface area (Å²) in [5, 5.41) is 10.1. The van der Waals surface area contributed by atoms with Gasteiger partial charge in [0.1, 0.15) is 0 Å². The van der Waals surface area contributed by atoms with Crippen molar-refractivity contribution in [2.24, 2.45) is 0 Å². The molecular formula is C14H23NO. The average Bonchev–Trinajstić information content (AvgIpc) is 2.20. The molecule has 16 heavy (non-hydrogen) atoms. The van der Waals surface area contributed by atoms with Crippen molar-refractivity contribution in [3.8, 4) is 0 Å². The molecule has 1 unspecified atom stereocenters. The zero-order valence-electron chi connectivity index (χ0n) is 11.0. The van der Waals surface area contributed by atoms with Crippen molar-refractivity contribution in [1.82, 2.24) is 4.90 Å². The lowest BCUT2D eigenvalue weighted by Crippen LogP contribution is -2.16. The number of aliphatic hydroxyl groups excluding tert-OH is 1. The third kappa shape index (κ3) is 3.32. The van der Waals surface area contributed by atoms with E-state index < -0.39 is 0 Å². The maximum Gasteiger partial charge on any atom is 0.0804 e. The summed E-state index contributed by atoms with van der Waals surface area (Å²) in [6.07, 6.45) is 0.442. The fourth-order valence-corrected chi connectivity index (χ4v) is 1.88. The van der Waals surface area contributed by atoms with Crippen LogP contribution in [0.2, 0.25) is 0 Å². The summed E-state index contributed by atoms with van der Waals surface area (Å²) >= 11 is 0. The maximum absolute atomic E-state index is 10.1. The van der Waals surface area contributed by atoms with Crippen LogP contribution >= 0.6 is 0 Å². The van der Waals surface area contributed by atoms with Gasteiger partial charge in [-0.1, -0.05) is 12.1 Å². The van der Waals surface area contributed by atoms with Gasteiger partial charge in [-0.25, -0.2) is 0 Å². The first-order valence-corrected chi connectivity index (χ1v) is 5.82. The molecule has 0 bridgehead atoms. The molecule has 1 aromatic rings. The van der Waals surface area contributed by atoms with E-state index in [4.69, 9.17) is 0 Å². The summed E-state index contributed by atoms with van der Waals surface area (Å²) in [4.78, 5) is 2.10. The molecule has 0 aliphatic rings. The number of hydrogen-bond donors (Lipinski definition) is 1. The van der Waals surface area contributed by atoms with E-state index in [9.17, 15) is 5.11 Å². The van der Waals surface area contributed by atoms with Gasteiger partial charge < -0.3 is 10.0 Å². The summed E-state index contributed by atoms with van der Waals surface area (Å²) in [6, 6.07) is 4.27. The highest BCUT2D eigenvalue weighted by molar-refractivity contribution is 5.37. The Morgan fingerprint density at radius 2 is 1.62 bits per heavy atom. The maximum atomic E-state index is 10.1. The van der Waals surface area contributed by atoms with Gasteiger partial charge in [-0.15, -0.1) is 0 Å². The van der Waals surface area contributed by atoms with E-state index in [2.05, 4.69) is 37.8 Å². The summed E-state index contributed by atoms with van der Waals surface area (Å²) in [7, 11) is 4.06. The molecule has 0 aliphatic carbocycles. The zero-order valence-corrected chi connectivity index (χ0v) is 11.0. The van der Waals surface area contributed by atoms with E-state index in [-0.39, 0.29) is 6.10 Å². The van der Waals surface area contributed by atoms with Gasteiger partial charge in [0.25, 0.3) is 0 Å². The van der Waals surface area contributed by atoms with Crippen LogP contribution in [0.4, 0.5) is 0 Å². The third-order valence-corrected chi connectivity index (χ3v) is 3.09. The topological polar surface area (TPSA) is 23.5 Å². The van der Waals surface area contributed by atoms with Crippen molar-refractivity contribution in [3.63, 3.8) is 0 Å². The quantitative estimate of drug-likeness (QED) is 0.844. The van der Waals surface area contributed by atoms with Gasteiger partial charge in [-0.05, 0) is 63.5 Å². The van der Waals surface area contributed by atoms with Gasteiger partial charge in [-0.2, -0.15) is 0 Å². The number of hydrogen-bond acceptors (Lipinski definition) is 2. The molecular weight excluding hydrogens is 198 g/mol. The normalized spacial score (nSPS) is 13.2. The van der Waals surface area contributed by atoms with Gasteiger partial charge >= 0.3 is 0 Å². The number of aryl methyl sites for hydroxylation is 3. The van der Waals surface area contributed by atoms with Crippen molar-refractivity contribution >= 4 is 0 Å². The number of nitrogens with zero attached hydrogens (tertiary/aromatic N) is 1. The molecule has 2 heteroatoms. The third-order valence-electron chi connectivity index (χ3n) is 3.09. The molecule has 0 saturated carbocycles. The Kier molecular flexibility index (Phi) is 4.51. The second-order valence-electron chi connectivity index (χ2n) is 4.90. The monoisotopic (exact) mass is 221 g/mol. The fraction of sp³-hybridized carbons (Fsp3) is 0.571. The number of benzene rings is 1. The van der Waals surface area contributed by atoms with Crippen LogP contribution in [0.3, 0.4) is 0 Å². The van der Waals surface area contributed by atoms with Crippen molar-refractivity contribution < 1.29 is 5.11 Å². The first-order valence-electron chi connectivity index (χ1n) is 5.82. The molecule has 1 rings (SSSR count).